The van der Waals surface area contributed by atoms with Gasteiger partial charge in [0.2, 0.25) is 0 Å². The van der Waals surface area contributed by atoms with Gasteiger partial charge in [-0.25, -0.2) is 0 Å². The van der Waals surface area contributed by atoms with E-state index in [-0.39, 0.29) is 12.6 Å². The molecule has 2 rings (SSSR count). The molecule has 0 aromatic carbocycles. The zero-order chi connectivity index (χ0) is 12.1. The predicted octanol–water partition coefficient (Wildman–Crippen LogP) is -0.126. The fraction of sp³-hybridized carbons (Fsp3) is 0.889. The Morgan fingerprint density at radius 1 is 1.31 bits per heavy atom. The van der Waals surface area contributed by atoms with Crippen molar-refractivity contribution in [2.45, 2.75) is 38.3 Å². The van der Waals surface area contributed by atoms with Crippen molar-refractivity contribution in [1.29, 1.82) is 0 Å². The third kappa shape index (κ3) is 1.63. The van der Waals surface area contributed by atoms with Gasteiger partial charge in [-0.1, -0.05) is 0 Å². The van der Waals surface area contributed by atoms with Gasteiger partial charge in [-0.2, -0.15) is 17.0 Å². The first kappa shape index (κ1) is 11.8. The van der Waals surface area contributed by atoms with Gasteiger partial charge in [-0.3, -0.25) is 4.79 Å². The quantitative estimate of drug-likeness (QED) is 0.755. The molecule has 0 bridgehead atoms. The van der Waals surface area contributed by atoms with Crippen LogP contribution < -0.4 is 0 Å². The van der Waals surface area contributed by atoms with Gasteiger partial charge in [-0.15, -0.1) is 0 Å². The van der Waals surface area contributed by atoms with E-state index in [0.29, 0.717) is 6.54 Å². The van der Waals surface area contributed by atoms with Crippen LogP contribution in [0.1, 0.15) is 26.7 Å². The van der Waals surface area contributed by atoms with E-state index in [4.69, 9.17) is 5.11 Å². The Labute approximate surface area is 95.0 Å². The SMILES string of the molecule is CC(C)(C(=O)O)N1CCN(C2CC2)S1(=O)=O. The lowest BCUT2D eigenvalue weighted by molar-refractivity contribution is -0.146. The largest absolute Gasteiger partial charge is 0.480 e. The molecule has 2 fully saturated rings. The molecule has 0 unspecified atom stereocenters. The Morgan fingerprint density at radius 3 is 2.31 bits per heavy atom. The molecule has 2 aliphatic rings. The summed E-state index contributed by atoms with van der Waals surface area (Å²) in [4.78, 5) is 11.1. The number of carbonyl (C=O) groups is 1. The van der Waals surface area contributed by atoms with E-state index >= 15 is 0 Å². The zero-order valence-electron chi connectivity index (χ0n) is 9.38. The van der Waals surface area contributed by atoms with Crippen molar-refractivity contribution in [3.8, 4) is 0 Å². The van der Waals surface area contributed by atoms with Crippen LogP contribution in [-0.4, -0.2) is 52.8 Å². The highest BCUT2D eigenvalue weighted by molar-refractivity contribution is 7.87. The summed E-state index contributed by atoms with van der Waals surface area (Å²) in [5.41, 5.74) is -1.37. The maximum absolute atomic E-state index is 12.1. The number of hydrogen-bond donors (Lipinski definition) is 1. The molecular weight excluding hydrogens is 232 g/mol. The van der Waals surface area contributed by atoms with Crippen molar-refractivity contribution >= 4 is 16.2 Å². The van der Waals surface area contributed by atoms with Crippen molar-refractivity contribution in [2.75, 3.05) is 13.1 Å². The fourth-order valence-electron chi connectivity index (χ4n) is 1.95. The summed E-state index contributed by atoms with van der Waals surface area (Å²) in [6.07, 6.45) is 1.78. The van der Waals surface area contributed by atoms with E-state index in [2.05, 4.69) is 0 Å². The number of carboxylic acid groups (broad SMARTS) is 1. The van der Waals surface area contributed by atoms with Crippen LogP contribution >= 0.6 is 0 Å². The van der Waals surface area contributed by atoms with Crippen molar-refractivity contribution in [1.82, 2.24) is 8.61 Å². The summed E-state index contributed by atoms with van der Waals surface area (Å²) in [6, 6.07) is 0.0968. The topological polar surface area (TPSA) is 77.9 Å². The van der Waals surface area contributed by atoms with Gasteiger partial charge in [0.25, 0.3) is 10.2 Å². The number of hydrogen-bond acceptors (Lipinski definition) is 3. The summed E-state index contributed by atoms with van der Waals surface area (Å²) in [5, 5.41) is 9.05. The summed E-state index contributed by atoms with van der Waals surface area (Å²) in [5.74, 6) is -1.12. The summed E-state index contributed by atoms with van der Waals surface area (Å²) >= 11 is 0. The fourth-order valence-corrected chi connectivity index (χ4v) is 4.08. The first-order valence-corrected chi connectivity index (χ1v) is 6.70. The zero-order valence-corrected chi connectivity index (χ0v) is 10.2. The van der Waals surface area contributed by atoms with Gasteiger partial charge in [-0.05, 0) is 26.7 Å². The van der Waals surface area contributed by atoms with E-state index < -0.39 is 21.7 Å². The molecule has 1 aliphatic heterocycles. The minimum Gasteiger partial charge on any atom is -0.480 e. The summed E-state index contributed by atoms with van der Waals surface area (Å²) < 4.78 is 26.7. The van der Waals surface area contributed by atoms with Crippen LogP contribution in [0.25, 0.3) is 0 Å². The Bertz CT molecular complexity index is 413. The van der Waals surface area contributed by atoms with E-state index in [9.17, 15) is 13.2 Å². The van der Waals surface area contributed by atoms with Gasteiger partial charge >= 0.3 is 5.97 Å². The van der Waals surface area contributed by atoms with Gasteiger partial charge < -0.3 is 5.11 Å². The molecule has 92 valence electrons. The number of nitrogens with zero attached hydrogens (tertiary/aromatic N) is 2. The molecule has 0 atom stereocenters. The second-order valence-electron chi connectivity index (χ2n) is 4.79. The van der Waals surface area contributed by atoms with Gasteiger partial charge in [0, 0.05) is 19.1 Å². The minimum absolute atomic E-state index is 0.0968. The second kappa shape index (κ2) is 3.41. The molecule has 0 aromatic heterocycles. The van der Waals surface area contributed by atoms with E-state index in [1.807, 2.05) is 0 Å². The van der Waals surface area contributed by atoms with Crippen LogP contribution in [0.4, 0.5) is 0 Å². The monoisotopic (exact) mass is 248 g/mol. The summed E-state index contributed by atoms with van der Waals surface area (Å²) in [7, 11) is -3.58. The maximum atomic E-state index is 12.1. The van der Waals surface area contributed by atoms with Gasteiger partial charge in [0.05, 0.1) is 0 Å². The molecule has 0 aromatic rings. The number of aliphatic carboxylic acids is 1. The normalized spacial score (nSPS) is 27.1. The molecule has 0 radical (unpaired) electrons. The van der Waals surface area contributed by atoms with E-state index in [1.165, 1.54) is 18.2 Å². The van der Waals surface area contributed by atoms with Crippen LogP contribution in [0.5, 0.6) is 0 Å². The lowest BCUT2D eigenvalue weighted by Crippen LogP contribution is -2.52. The van der Waals surface area contributed by atoms with Crippen molar-refractivity contribution in [3.05, 3.63) is 0 Å². The van der Waals surface area contributed by atoms with Crippen LogP contribution in [0.2, 0.25) is 0 Å². The molecule has 16 heavy (non-hydrogen) atoms. The average molecular weight is 248 g/mol. The molecule has 1 heterocycles. The molecule has 0 amide bonds. The molecule has 1 aliphatic carbocycles. The van der Waals surface area contributed by atoms with Crippen molar-refractivity contribution in [3.63, 3.8) is 0 Å². The molecule has 1 saturated carbocycles. The maximum Gasteiger partial charge on any atom is 0.324 e. The lowest BCUT2D eigenvalue weighted by Gasteiger charge is -2.30. The third-order valence-corrected chi connectivity index (χ3v) is 5.47. The molecular formula is C9H16N2O4S. The van der Waals surface area contributed by atoms with E-state index in [1.54, 1.807) is 0 Å². The summed E-state index contributed by atoms with van der Waals surface area (Å²) in [6.45, 7) is 3.51. The third-order valence-electron chi connectivity index (χ3n) is 3.20. The molecule has 7 heteroatoms. The average Bonchev–Trinajstić information content (AvgIpc) is 2.90. The van der Waals surface area contributed by atoms with Gasteiger partial charge in [0.1, 0.15) is 5.54 Å². The number of carboxylic acids is 1. The minimum atomic E-state index is -3.58. The first-order chi connectivity index (χ1) is 7.28. The van der Waals surface area contributed by atoms with Gasteiger partial charge in [0.15, 0.2) is 0 Å². The molecule has 1 saturated heterocycles. The predicted molar refractivity (Wildman–Crippen MR) is 57.1 cm³/mol. The Kier molecular flexibility index (Phi) is 2.52. The van der Waals surface area contributed by atoms with Crippen LogP contribution in [0.3, 0.4) is 0 Å². The molecule has 1 N–H and O–H groups in total. The second-order valence-corrected chi connectivity index (χ2v) is 6.59. The molecule has 6 nitrogen and oxygen atoms in total. The van der Waals surface area contributed by atoms with Crippen molar-refractivity contribution < 1.29 is 18.3 Å². The highest BCUT2D eigenvalue weighted by Crippen LogP contribution is 2.36. The highest BCUT2D eigenvalue weighted by Gasteiger charge is 2.52. The van der Waals surface area contributed by atoms with E-state index in [0.717, 1.165) is 17.1 Å². The Hall–Kier alpha value is -0.660. The highest BCUT2D eigenvalue weighted by atomic mass is 32.2. The van der Waals surface area contributed by atoms with Crippen LogP contribution in [0, 0.1) is 0 Å². The number of rotatable bonds is 3. The van der Waals surface area contributed by atoms with Crippen LogP contribution in [-0.2, 0) is 15.0 Å². The van der Waals surface area contributed by atoms with Crippen LogP contribution in [0.15, 0.2) is 0 Å². The van der Waals surface area contributed by atoms with Crippen molar-refractivity contribution in [2.24, 2.45) is 0 Å². The Balaban J connectivity index is 2.28. The lowest BCUT2D eigenvalue weighted by atomic mass is 10.1. The molecule has 0 spiro atoms. The Morgan fingerprint density at radius 2 is 1.88 bits per heavy atom. The standard InChI is InChI=1S/C9H16N2O4S/c1-9(2,8(12)13)11-6-5-10(7-3-4-7)16(11,14)15/h7H,3-6H2,1-2H3,(H,12,13). The smallest absolute Gasteiger partial charge is 0.324 e. The first-order valence-electron chi connectivity index (χ1n) is 5.31.